The quantitative estimate of drug-likeness (QED) is 0.624. The van der Waals surface area contributed by atoms with Crippen LogP contribution >= 0.6 is 27.7 Å². The molecule has 0 N–H and O–H groups in total. The highest BCUT2D eigenvalue weighted by molar-refractivity contribution is 9.09. The zero-order valence-corrected chi connectivity index (χ0v) is 11.5. The Morgan fingerprint density at radius 2 is 2.27 bits per heavy atom. The van der Waals surface area contributed by atoms with Gasteiger partial charge in [0.1, 0.15) is 0 Å². The molecule has 0 saturated heterocycles. The van der Waals surface area contributed by atoms with Gasteiger partial charge in [-0.05, 0) is 18.3 Å². The summed E-state index contributed by atoms with van der Waals surface area (Å²) in [5, 5.41) is 5.34. The average molecular weight is 289 g/mol. The van der Waals surface area contributed by atoms with E-state index >= 15 is 0 Å². The van der Waals surface area contributed by atoms with Crippen molar-refractivity contribution in [1.29, 1.82) is 0 Å². The van der Waals surface area contributed by atoms with E-state index in [1.165, 1.54) is 36.3 Å². The van der Waals surface area contributed by atoms with Crippen molar-refractivity contribution in [2.24, 2.45) is 12.5 Å². The topological polar surface area (TPSA) is 17.8 Å². The Bertz CT molecular complexity index is 318. The van der Waals surface area contributed by atoms with Gasteiger partial charge >= 0.3 is 0 Å². The molecule has 1 heterocycles. The summed E-state index contributed by atoms with van der Waals surface area (Å²) in [6.07, 6.45) is 9.62. The molecule has 0 spiro atoms. The molecule has 1 aromatic rings. The second-order valence-corrected chi connectivity index (χ2v) is 6.09. The predicted octanol–water partition coefficient (Wildman–Crippen LogP) is 3.47. The highest BCUT2D eigenvalue weighted by Gasteiger charge is 2.32. The number of aryl methyl sites for hydroxylation is 1. The highest BCUT2D eigenvalue weighted by Crippen LogP contribution is 2.43. The van der Waals surface area contributed by atoms with Gasteiger partial charge in [-0.2, -0.15) is 5.10 Å². The lowest BCUT2D eigenvalue weighted by Gasteiger charge is -2.25. The van der Waals surface area contributed by atoms with Gasteiger partial charge in [0.25, 0.3) is 0 Å². The Labute approximate surface area is 104 Å². The Balaban J connectivity index is 1.91. The van der Waals surface area contributed by atoms with Crippen LogP contribution in [0.2, 0.25) is 0 Å². The number of hydrogen-bond acceptors (Lipinski definition) is 2. The minimum atomic E-state index is 0.542. The summed E-state index contributed by atoms with van der Waals surface area (Å²) in [6, 6.07) is 0. The van der Waals surface area contributed by atoms with Crippen molar-refractivity contribution in [3.05, 3.63) is 12.4 Å². The van der Waals surface area contributed by atoms with Crippen LogP contribution in [-0.4, -0.2) is 20.9 Å². The van der Waals surface area contributed by atoms with Crippen molar-refractivity contribution in [3.8, 4) is 0 Å². The van der Waals surface area contributed by atoms with Gasteiger partial charge in [0.15, 0.2) is 0 Å². The van der Waals surface area contributed by atoms with Crippen LogP contribution in [0.1, 0.15) is 25.7 Å². The van der Waals surface area contributed by atoms with Crippen molar-refractivity contribution in [1.82, 2.24) is 9.78 Å². The lowest BCUT2D eigenvalue weighted by atomic mass is 9.92. The minimum absolute atomic E-state index is 0.542. The van der Waals surface area contributed by atoms with Crippen molar-refractivity contribution in [2.75, 3.05) is 11.1 Å². The third-order valence-corrected chi connectivity index (χ3v) is 5.66. The standard InChI is InChI=1S/C11H17BrN2S/c1-14-7-10(6-13-14)15-9-11(8-12)4-2-3-5-11/h6-7H,2-5,8-9H2,1H3. The second-order valence-electron chi connectivity index (χ2n) is 4.48. The molecular weight excluding hydrogens is 272 g/mol. The first-order chi connectivity index (χ1) is 7.24. The molecule has 0 atom stereocenters. The molecule has 0 amide bonds. The summed E-state index contributed by atoms with van der Waals surface area (Å²) < 4.78 is 1.87. The molecule has 84 valence electrons. The molecule has 1 fully saturated rings. The molecule has 1 aliphatic rings. The van der Waals surface area contributed by atoms with Crippen LogP contribution in [0.15, 0.2) is 17.3 Å². The largest absolute Gasteiger partial charge is 0.275 e. The van der Waals surface area contributed by atoms with E-state index in [2.05, 4.69) is 27.2 Å². The number of hydrogen-bond donors (Lipinski definition) is 0. The van der Waals surface area contributed by atoms with E-state index in [1.54, 1.807) is 0 Å². The molecule has 1 aliphatic carbocycles. The second kappa shape index (κ2) is 4.91. The molecule has 0 aromatic carbocycles. The Morgan fingerprint density at radius 3 is 2.80 bits per heavy atom. The van der Waals surface area contributed by atoms with Crippen LogP contribution in [0.3, 0.4) is 0 Å². The van der Waals surface area contributed by atoms with Crippen molar-refractivity contribution >= 4 is 27.7 Å². The van der Waals surface area contributed by atoms with Gasteiger partial charge in [0, 0.05) is 29.2 Å². The lowest BCUT2D eigenvalue weighted by Crippen LogP contribution is -2.21. The molecule has 1 saturated carbocycles. The zero-order chi connectivity index (χ0) is 10.7. The number of halogens is 1. The predicted molar refractivity (Wildman–Crippen MR) is 68.6 cm³/mol. The Morgan fingerprint density at radius 1 is 1.53 bits per heavy atom. The maximum absolute atomic E-state index is 4.19. The molecule has 0 radical (unpaired) electrons. The summed E-state index contributed by atoms with van der Waals surface area (Å²) in [4.78, 5) is 1.30. The van der Waals surface area contributed by atoms with Crippen molar-refractivity contribution in [2.45, 2.75) is 30.6 Å². The summed E-state index contributed by atoms with van der Waals surface area (Å²) in [5.41, 5.74) is 0.542. The van der Waals surface area contributed by atoms with Gasteiger partial charge in [0.05, 0.1) is 6.20 Å². The van der Waals surface area contributed by atoms with E-state index in [0.29, 0.717) is 5.41 Å². The van der Waals surface area contributed by atoms with Crippen LogP contribution in [0.5, 0.6) is 0 Å². The molecule has 0 aliphatic heterocycles. The van der Waals surface area contributed by atoms with E-state index in [4.69, 9.17) is 0 Å². The van der Waals surface area contributed by atoms with Gasteiger partial charge < -0.3 is 0 Å². The van der Waals surface area contributed by atoms with E-state index in [-0.39, 0.29) is 0 Å². The third kappa shape index (κ3) is 2.78. The molecule has 0 bridgehead atoms. The number of aromatic nitrogens is 2. The monoisotopic (exact) mass is 288 g/mol. The van der Waals surface area contributed by atoms with Gasteiger partial charge in [-0.1, -0.05) is 28.8 Å². The maximum Gasteiger partial charge on any atom is 0.0625 e. The molecule has 15 heavy (non-hydrogen) atoms. The van der Waals surface area contributed by atoms with E-state index < -0.39 is 0 Å². The summed E-state index contributed by atoms with van der Waals surface area (Å²) in [5.74, 6) is 1.23. The van der Waals surface area contributed by atoms with Crippen molar-refractivity contribution in [3.63, 3.8) is 0 Å². The van der Waals surface area contributed by atoms with Gasteiger partial charge in [-0.3, -0.25) is 4.68 Å². The fraction of sp³-hybridized carbons (Fsp3) is 0.727. The van der Waals surface area contributed by atoms with Crippen LogP contribution in [0.25, 0.3) is 0 Å². The van der Waals surface area contributed by atoms with Gasteiger partial charge in [-0.15, -0.1) is 11.8 Å². The van der Waals surface area contributed by atoms with Gasteiger partial charge in [0.2, 0.25) is 0 Å². The SMILES string of the molecule is Cn1cc(SCC2(CBr)CCCC2)cn1. The smallest absolute Gasteiger partial charge is 0.0625 e. The van der Waals surface area contributed by atoms with Crippen LogP contribution in [0.4, 0.5) is 0 Å². The fourth-order valence-electron chi connectivity index (χ4n) is 2.15. The van der Waals surface area contributed by atoms with Crippen LogP contribution in [0, 0.1) is 5.41 Å². The molecular formula is C11H17BrN2S. The molecule has 1 aromatic heterocycles. The van der Waals surface area contributed by atoms with Crippen LogP contribution < -0.4 is 0 Å². The minimum Gasteiger partial charge on any atom is -0.275 e. The summed E-state index contributed by atoms with van der Waals surface area (Å²) >= 11 is 5.63. The first-order valence-corrected chi connectivity index (χ1v) is 7.52. The number of alkyl halides is 1. The van der Waals surface area contributed by atoms with E-state index in [9.17, 15) is 0 Å². The molecule has 2 rings (SSSR count). The number of thioether (sulfide) groups is 1. The summed E-state index contributed by atoms with van der Waals surface area (Å²) in [7, 11) is 1.97. The number of nitrogens with zero attached hydrogens (tertiary/aromatic N) is 2. The molecule has 4 heteroatoms. The van der Waals surface area contributed by atoms with E-state index in [0.717, 1.165) is 5.33 Å². The first-order valence-electron chi connectivity index (χ1n) is 5.42. The van der Waals surface area contributed by atoms with Crippen LogP contribution in [-0.2, 0) is 7.05 Å². The fourth-order valence-corrected chi connectivity index (χ4v) is 4.39. The Kier molecular flexibility index (Phi) is 3.78. The Hall–Kier alpha value is 0.0400. The van der Waals surface area contributed by atoms with Crippen molar-refractivity contribution < 1.29 is 0 Å². The number of rotatable bonds is 4. The summed E-state index contributed by atoms with van der Waals surface area (Å²) in [6.45, 7) is 0. The molecule has 2 nitrogen and oxygen atoms in total. The highest BCUT2D eigenvalue weighted by atomic mass is 79.9. The lowest BCUT2D eigenvalue weighted by molar-refractivity contribution is 0.405. The average Bonchev–Trinajstić information content (AvgIpc) is 2.85. The normalized spacial score (nSPS) is 19.6. The van der Waals surface area contributed by atoms with E-state index in [1.807, 2.05) is 29.7 Å². The van der Waals surface area contributed by atoms with Gasteiger partial charge in [-0.25, -0.2) is 0 Å². The zero-order valence-electron chi connectivity index (χ0n) is 9.08. The maximum atomic E-state index is 4.19. The third-order valence-electron chi connectivity index (χ3n) is 3.17. The first kappa shape index (κ1) is 11.5. The molecule has 0 unspecified atom stereocenters.